The Morgan fingerprint density at radius 3 is 3.22 bits per heavy atom. The molecule has 120 valence electrons. The molecule has 1 aliphatic rings. The number of hydrogen-bond donors (Lipinski definition) is 0. The highest BCUT2D eigenvalue weighted by atomic mass is 32.1. The van der Waals surface area contributed by atoms with Crippen molar-refractivity contribution >= 4 is 11.3 Å². The van der Waals surface area contributed by atoms with Crippen LogP contribution in [-0.4, -0.2) is 43.1 Å². The summed E-state index contributed by atoms with van der Waals surface area (Å²) in [5, 5.41) is 14.0. The molecule has 7 nitrogen and oxygen atoms in total. The third-order valence-corrected chi connectivity index (χ3v) is 5.19. The Hall–Kier alpha value is -2.06. The van der Waals surface area contributed by atoms with Gasteiger partial charge in [0.15, 0.2) is 0 Å². The molecule has 0 bridgehead atoms. The van der Waals surface area contributed by atoms with Crippen LogP contribution in [0.1, 0.15) is 25.3 Å². The summed E-state index contributed by atoms with van der Waals surface area (Å²) in [6.45, 7) is 5.09. The minimum Gasteiger partial charge on any atom is -0.337 e. The number of hydrogen-bond acceptors (Lipinski definition) is 7. The van der Waals surface area contributed by atoms with Crippen LogP contribution >= 0.6 is 11.3 Å². The van der Waals surface area contributed by atoms with Crippen LogP contribution in [0.5, 0.6) is 0 Å². The number of thiophene rings is 1. The molecule has 4 rings (SSSR count). The van der Waals surface area contributed by atoms with Gasteiger partial charge in [-0.3, -0.25) is 9.58 Å². The van der Waals surface area contributed by atoms with Gasteiger partial charge in [0.1, 0.15) is 0 Å². The molecule has 0 radical (unpaired) electrons. The summed E-state index contributed by atoms with van der Waals surface area (Å²) in [7, 11) is 0. The molecule has 8 heteroatoms. The Balaban J connectivity index is 1.40. The summed E-state index contributed by atoms with van der Waals surface area (Å²) in [6.07, 6.45) is 4.79. The fraction of sp³-hybridized carbons (Fsp3) is 0.467. The molecule has 1 saturated heterocycles. The Bertz CT molecular complexity index is 738. The van der Waals surface area contributed by atoms with Crippen LogP contribution in [0, 0.1) is 5.92 Å². The van der Waals surface area contributed by atoms with Crippen molar-refractivity contribution in [1.82, 2.24) is 30.0 Å². The van der Waals surface area contributed by atoms with Crippen molar-refractivity contribution in [3.05, 3.63) is 35.8 Å². The Morgan fingerprint density at radius 2 is 2.43 bits per heavy atom. The molecule has 0 saturated carbocycles. The minimum absolute atomic E-state index is 0.136. The van der Waals surface area contributed by atoms with E-state index in [1.807, 2.05) is 28.4 Å². The van der Waals surface area contributed by atoms with Gasteiger partial charge in [-0.15, -0.1) is 16.4 Å². The molecule has 0 aromatic carbocycles. The van der Waals surface area contributed by atoms with Gasteiger partial charge < -0.3 is 4.52 Å². The van der Waals surface area contributed by atoms with Crippen molar-refractivity contribution in [1.29, 1.82) is 0 Å². The molecule has 2 atom stereocenters. The monoisotopic (exact) mass is 330 g/mol. The molecule has 23 heavy (non-hydrogen) atoms. The van der Waals surface area contributed by atoms with E-state index in [4.69, 9.17) is 4.52 Å². The number of rotatable bonds is 5. The summed E-state index contributed by atoms with van der Waals surface area (Å²) in [4.78, 5) is 8.00. The molecule has 3 aromatic rings. The van der Waals surface area contributed by atoms with Gasteiger partial charge in [0.05, 0.1) is 17.1 Å². The molecular weight excluding hydrogens is 312 g/mol. The molecule has 0 aliphatic carbocycles. The standard InChI is InChI=1S/C15H18N6OS/c1-11(15-17-14(18-22-15)13-3-2-8-23-13)20-6-4-12(9-20)10-21-7-5-16-19-21/h2-3,5,7-8,11-12H,4,6,9-10H2,1H3. The third kappa shape index (κ3) is 3.04. The first kappa shape index (κ1) is 14.5. The second-order valence-electron chi connectivity index (χ2n) is 5.88. The van der Waals surface area contributed by atoms with Crippen LogP contribution in [0.25, 0.3) is 10.7 Å². The fourth-order valence-corrected chi connectivity index (χ4v) is 3.67. The molecule has 4 heterocycles. The molecule has 2 unspecified atom stereocenters. The van der Waals surface area contributed by atoms with E-state index in [1.54, 1.807) is 17.5 Å². The lowest BCUT2D eigenvalue weighted by Gasteiger charge is -2.20. The molecule has 1 aliphatic heterocycles. The predicted octanol–water partition coefficient (Wildman–Crippen LogP) is 2.47. The molecule has 1 fully saturated rings. The van der Waals surface area contributed by atoms with Crippen molar-refractivity contribution in [3.63, 3.8) is 0 Å². The molecule has 0 spiro atoms. The molecule has 0 N–H and O–H groups in total. The SMILES string of the molecule is CC(c1nc(-c2cccs2)no1)N1CCC(Cn2ccnn2)C1. The van der Waals surface area contributed by atoms with Crippen LogP contribution in [0.2, 0.25) is 0 Å². The largest absolute Gasteiger partial charge is 0.337 e. The lowest BCUT2D eigenvalue weighted by atomic mass is 10.1. The van der Waals surface area contributed by atoms with Gasteiger partial charge in [0.25, 0.3) is 0 Å². The average Bonchev–Trinajstić information content (AvgIpc) is 3.33. The van der Waals surface area contributed by atoms with Crippen molar-refractivity contribution in [2.75, 3.05) is 13.1 Å². The predicted molar refractivity (Wildman–Crippen MR) is 85.7 cm³/mol. The Kier molecular flexibility index (Phi) is 3.92. The maximum absolute atomic E-state index is 5.48. The second kappa shape index (κ2) is 6.21. The lowest BCUT2D eigenvalue weighted by Crippen LogP contribution is -2.25. The quantitative estimate of drug-likeness (QED) is 0.715. The van der Waals surface area contributed by atoms with Gasteiger partial charge in [-0.2, -0.15) is 4.98 Å². The van der Waals surface area contributed by atoms with Gasteiger partial charge in [0.2, 0.25) is 11.7 Å². The molecule has 0 amide bonds. The number of aromatic nitrogens is 5. The van der Waals surface area contributed by atoms with E-state index in [0.29, 0.717) is 17.6 Å². The highest BCUT2D eigenvalue weighted by Gasteiger charge is 2.30. The van der Waals surface area contributed by atoms with Gasteiger partial charge in [-0.05, 0) is 37.3 Å². The zero-order chi connectivity index (χ0) is 15.6. The van der Waals surface area contributed by atoms with E-state index in [-0.39, 0.29) is 6.04 Å². The first-order valence-corrected chi connectivity index (χ1v) is 8.63. The van der Waals surface area contributed by atoms with E-state index in [1.165, 1.54) is 0 Å². The second-order valence-corrected chi connectivity index (χ2v) is 6.83. The zero-order valence-corrected chi connectivity index (χ0v) is 13.7. The van der Waals surface area contributed by atoms with E-state index < -0.39 is 0 Å². The smallest absolute Gasteiger partial charge is 0.244 e. The van der Waals surface area contributed by atoms with Crippen LogP contribution in [0.3, 0.4) is 0 Å². The minimum atomic E-state index is 0.136. The van der Waals surface area contributed by atoms with Gasteiger partial charge in [0, 0.05) is 19.3 Å². The van der Waals surface area contributed by atoms with Crippen molar-refractivity contribution in [2.24, 2.45) is 5.92 Å². The van der Waals surface area contributed by atoms with Crippen LogP contribution in [0.4, 0.5) is 0 Å². The van der Waals surface area contributed by atoms with Crippen molar-refractivity contribution in [3.8, 4) is 10.7 Å². The van der Waals surface area contributed by atoms with E-state index in [9.17, 15) is 0 Å². The Morgan fingerprint density at radius 1 is 1.48 bits per heavy atom. The van der Waals surface area contributed by atoms with Gasteiger partial charge >= 0.3 is 0 Å². The summed E-state index contributed by atoms with van der Waals surface area (Å²) < 4.78 is 7.38. The molecule has 3 aromatic heterocycles. The summed E-state index contributed by atoms with van der Waals surface area (Å²) in [6, 6.07) is 4.14. The maximum atomic E-state index is 5.48. The number of likely N-dealkylation sites (tertiary alicyclic amines) is 1. The summed E-state index contributed by atoms with van der Waals surface area (Å²) >= 11 is 1.62. The summed E-state index contributed by atoms with van der Waals surface area (Å²) in [5.41, 5.74) is 0. The molecular formula is C15H18N6OS. The Labute approximate surface area is 137 Å². The number of nitrogens with zero attached hydrogens (tertiary/aromatic N) is 6. The van der Waals surface area contributed by atoms with Crippen LogP contribution < -0.4 is 0 Å². The van der Waals surface area contributed by atoms with Gasteiger partial charge in [-0.1, -0.05) is 16.4 Å². The topological polar surface area (TPSA) is 72.9 Å². The first-order valence-electron chi connectivity index (χ1n) is 7.75. The van der Waals surface area contributed by atoms with Crippen molar-refractivity contribution < 1.29 is 4.52 Å². The van der Waals surface area contributed by atoms with E-state index >= 15 is 0 Å². The van der Waals surface area contributed by atoms with Crippen LogP contribution in [-0.2, 0) is 6.54 Å². The summed E-state index contributed by atoms with van der Waals surface area (Å²) in [5.74, 6) is 1.95. The van der Waals surface area contributed by atoms with Crippen molar-refractivity contribution in [2.45, 2.75) is 25.9 Å². The lowest BCUT2D eigenvalue weighted by molar-refractivity contribution is 0.200. The first-order chi connectivity index (χ1) is 11.3. The van der Waals surface area contributed by atoms with Crippen LogP contribution in [0.15, 0.2) is 34.4 Å². The third-order valence-electron chi connectivity index (χ3n) is 4.32. The van der Waals surface area contributed by atoms with E-state index in [2.05, 4.69) is 32.3 Å². The maximum Gasteiger partial charge on any atom is 0.244 e. The normalized spacial score (nSPS) is 20.1. The highest BCUT2D eigenvalue weighted by molar-refractivity contribution is 7.13. The zero-order valence-electron chi connectivity index (χ0n) is 12.9. The highest BCUT2D eigenvalue weighted by Crippen LogP contribution is 2.29. The van der Waals surface area contributed by atoms with Gasteiger partial charge in [-0.25, -0.2) is 0 Å². The average molecular weight is 330 g/mol. The fourth-order valence-electron chi connectivity index (χ4n) is 3.02. The van der Waals surface area contributed by atoms with E-state index in [0.717, 1.165) is 30.9 Å².